The minimum atomic E-state index is -4.53. The molecule has 0 bridgehead atoms. The Morgan fingerprint density at radius 1 is 1.47 bits per heavy atom. The molecule has 0 atom stereocenters. The Kier molecular flexibility index (Phi) is 4.31. The molecule has 17 heavy (non-hydrogen) atoms. The Balaban J connectivity index is 2.89. The highest BCUT2D eigenvalue weighted by Gasteiger charge is 2.37. The van der Waals surface area contributed by atoms with Gasteiger partial charge in [-0.3, -0.25) is 10.1 Å². The van der Waals surface area contributed by atoms with Crippen LogP contribution >= 0.6 is 27.3 Å². The number of halogens is 4. The first-order valence-corrected chi connectivity index (χ1v) is 6.00. The summed E-state index contributed by atoms with van der Waals surface area (Å²) < 4.78 is 37.0. The minimum absolute atomic E-state index is 0.0910. The summed E-state index contributed by atoms with van der Waals surface area (Å²) in [6, 6.07) is 0. The topological polar surface area (TPSA) is 42.0 Å². The average molecular weight is 329 g/mol. The van der Waals surface area contributed by atoms with Crippen molar-refractivity contribution in [1.82, 2.24) is 4.98 Å². The molecule has 1 rings (SSSR count). The van der Waals surface area contributed by atoms with Gasteiger partial charge in [-0.25, -0.2) is 4.98 Å². The van der Waals surface area contributed by atoms with Crippen LogP contribution in [0.1, 0.15) is 19.5 Å². The molecule has 0 aromatic carbocycles. The molecule has 8 heteroatoms. The first-order valence-electron chi connectivity index (χ1n) is 4.39. The first-order chi connectivity index (χ1) is 7.70. The summed E-state index contributed by atoms with van der Waals surface area (Å²) in [6.07, 6.45) is -3.25. The van der Waals surface area contributed by atoms with E-state index >= 15 is 0 Å². The van der Waals surface area contributed by atoms with Crippen molar-refractivity contribution in [1.29, 1.82) is 0 Å². The lowest BCUT2D eigenvalue weighted by Crippen LogP contribution is -2.10. The normalized spacial score (nSPS) is 11.2. The Morgan fingerprint density at radius 2 is 2.06 bits per heavy atom. The first kappa shape index (κ1) is 14.2. The Bertz CT molecular complexity index is 463. The standard InChI is InChI=1S/C9H8BrF3N2OS/c1-4(2)3-5(16)14-8-15-6(7(10)17-8)9(11,12)13/h3H,1-2H3,(H,14,15,16). The van der Waals surface area contributed by atoms with Crippen LogP contribution in [-0.4, -0.2) is 10.9 Å². The molecule has 1 N–H and O–H groups in total. The van der Waals surface area contributed by atoms with E-state index in [0.717, 1.165) is 16.9 Å². The van der Waals surface area contributed by atoms with Crippen molar-refractivity contribution < 1.29 is 18.0 Å². The third kappa shape index (κ3) is 4.12. The smallest absolute Gasteiger partial charge is 0.298 e. The summed E-state index contributed by atoms with van der Waals surface area (Å²) in [4.78, 5) is 14.6. The number of hydrogen-bond acceptors (Lipinski definition) is 3. The number of rotatable bonds is 2. The van der Waals surface area contributed by atoms with Crippen LogP contribution in [0.25, 0.3) is 0 Å². The van der Waals surface area contributed by atoms with Crippen LogP contribution in [0.3, 0.4) is 0 Å². The number of carbonyl (C=O) groups is 1. The second-order valence-electron chi connectivity index (χ2n) is 3.35. The van der Waals surface area contributed by atoms with Crippen LogP contribution in [0.5, 0.6) is 0 Å². The lowest BCUT2D eigenvalue weighted by atomic mass is 10.3. The molecule has 1 amide bonds. The molecule has 0 saturated heterocycles. The van der Waals surface area contributed by atoms with E-state index in [2.05, 4.69) is 26.2 Å². The second-order valence-corrected chi connectivity index (χ2v) is 5.67. The summed E-state index contributed by atoms with van der Waals surface area (Å²) in [7, 11) is 0. The predicted molar refractivity (Wildman–Crippen MR) is 62.9 cm³/mol. The number of allylic oxidation sites excluding steroid dienone is 1. The highest BCUT2D eigenvalue weighted by molar-refractivity contribution is 9.11. The molecule has 0 saturated carbocycles. The number of anilines is 1. The van der Waals surface area contributed by atoms with Gasteiger partial charge in [-0.2, -0.15) is 13.2 Å². The molecule has 3 nitrogen and oxygen atoms in total. The zero-order chi connectivity index (χ0) is 13.2. The fraction of sp³-hybridized carbons (Fsp3) is 0.333. The lowest BCUT2D eigenvalue weighted by Gasteiger charge is -2.01. The Morgan fingerprint density at radius 3 is 2.47 bits per heavy atom. The number of hydrogen-bond donors (Lipinski definition) is 1. The number of amides is 1. The zero-order valence-corrected chi connectivity index (χ0v) is 11.3. The maximum Gasteiger partial charge on any atom is 0.435 e. The Labute approximate surface area is 108 Å². The van der Waals surface area contributed by atoms with Crippen LogP contribution in [-0.2, 0) is 11.0 Å². The molecule has 1 aromatic heterocycles. The van der Waals surface area contributed by atoms with E-state index in [4.69, 9.17) is 0 Å². The molecule has 0 aliphatic rings. The van der Waals surface area contributed by atoms with Crippen molar-refractivity contribution in [3.8, 4) is 0 Å². The van der Waals surface area contributed by atoms with Gasteiger partial charge in [0.15, 0.2) is 10.8 Å². The van der Waals surface area contributed by atoms with Crippen LogP contribution < -0.4 is 5.32 Å². The van der Waals surface area contributed by atoms with Gasteiger partial charge in [0, 0.05) is 6.08 Å². The molecule has 0 aliphatic carbocycles. The van der Waals surface area contributed by atoms with Gasteiger partial charge in [-0.05, 0) is 29.8 Å². The SMILES string of the molecule is CC(C)=CC(=O)Nc1nc(C(F)(F)F)c(Br)s1. The summed E-state index contributed by atoms with van der Waals surface area (Å²) in [5.41, 5.74) is -0.288. The minimum Gasteiger partial charge on any atom is -0.298 e. The molecule has 0 fully saturated rings. The largest absolute Gasteiger partial charge is 0.435 e. The monoisotopic (exact) mass is 328 g/mol. The number of nitrogens with zero attached hydrogens (tertiary/aromatic N) is 1. The summed E-state index contributed by atoms with van der Waals surface area (Å²) >= 11 is 3.48. The van der Waals surface area contributed by atoms with Gasteiger partial charge in [0.2, 0.25) is 5.91 Å². The molecule has 1 heterocycles. The van der Waals surface area contributed by atoms with Gasteiger partial charge in [-0.15, -0.1) is 0 Å². The van der Waals surface area contributed by atoms with Crippen molar-refractivity contribution in [2.45, 2.75) is 20.0 Å². The molecule has 0 aliphatic heterocycles. The maximum absolute atomic E-state index is 12.4. The van der Waals surface area contributed by atoms with E-state index in [-0.39, 0.29) is 8.92 Å². The quantitative estimate of drug-likeness (QED) is 0.838. The van der Waals surface area contributed by atoms with Crippen molar-refractivity contribution in [3.05, 3.63) is 21.1 Å². The van der Waals surface area contributed by atoms with Gasteiger partial charge in [0.05, 0.1) is 0 Å². The van der Waals surface area contributed by atoms with E-state index in [1.54, 1.807) is 13.8 Å². The highest BCUT2D eigenvalue weighted by atomic mass is 79.9. The Hall–Kier alpha value is -0.890. The summed E-state index contributed by atoms with van der Waals surface area (Å²) in [5, 5.41) is 2.18. The zero-order valence-electron chi connectivity index (χ0n) is 8.85. The van der Waals surface area contributed by atoms with Crippen LogP contribution in [0.4, 0.5) is 18.3 Å². The van der Waals surface area contributed by atoms with E-state index in [0.29, 0.717) is 0 Å². The van der Waals surface area contributed by atoms with Crippen LogP contribution in [0, 0.1) is 0 Å². The molecule has 94 valence electrons. The highest BCUT2D eigenvalue weighted by Crippen LogP contribution is 2.39. The number of thiazole rings is 1. The second kappa shape index (κ2) is 5.18. The lowest BCUT2D eigenvalue weighted by molar-refractivity contribution is -0.141. The van der Waals surface area contributed by atoms with E-state index in [9.17, 15) is 18.0 Å². The maximum atomic E-state index is 12.4. The fourth-order valence-corrected chi connectivity index (χ4v) is 2.42. The number of aromatic nitrogens is 1. The number of carbonyl (C=O) groups excluding carboxylic acids is 1. The third-order valence-electron chi connectivity index (χ3n) is 1.50. The average Bonchev–Trinajstić information content (AvgIpc) is 2.43. The van der Waals surface area contributed by atoms with Gasteiger partial charge in [0.25, 0.3) is 0 Å². The number of nitrogens with one attached hydrogen (secondary N) is 1. The molecular formula is C9H8BrF3N2OS. The number of alkyl halides is 3. The summed E-state index contributed by atoms with van der Waals surface area (Å²) in [6.45, 7) is 3.41. The molecule has 0 radical (unpaired) electrons. The van der Waals surface area contributed by atoms with Crippen molar-refractivity contribution >= 4 is 38.3 Å². The van der Waals surface area contributed by atoms with Gasteiger partial charge in [0.1, 0.15) is 3.79 Å². The van der Waals surface area contributed by atoms with Crippen LogP contribution in [0.15, 0.2) is 15.4 Å². The molecule has 0 spiro atoms. The van der Waals surface area contributed by atoms with E-state index in [1.807, 2.05) is 0 Å². The summed E-state index contributed by atoms with van der Waals surface area (Å²) in [5.74, 6) is -0.500. The molecule has 1 aromatic rings. The van der Waals surface area contributed by atoms with Crippen molar-refractivity contribution in [3.63, 3.8) is 0 Å². The van der Waals surface area contributed by atoms with Crippen LogP contribution in [0.2, 0.25) is 0 Å². The van der Waals surface area contributed by atoms with Gasteiger partial charge < -0.3 is 0 Å². The van der Waals surface area contributed by atoms with Gasteiger partial charge in [-0.1, -0.05) is 16.9 Å². The van der Waals surface area contributed by atoms with E-state index < -0.39 is 17.8 Å². The van der Waals surface area contributed by atoms with Gasteiger partial charge >= 0.3 is 6.18 Å². The third-order valence-corrected chi connectivity index (χ3v) is 3.12. The predicted octanol–water partition coefficient (Wildman–Crippen LogP) is 3.83. The molecule has 0 unspecified atom stereocenters. The van der Waals surface area contributed by atoms with Crippen molar-refractivity contribution in [2.24, 2.45) is 0 Å². The van der Waals surface area contributed by atoms with E-state index in [1.165, 1.54) is 6.08 Å². The van der Waals surface area contributed by atoms with Crippen molar-refractivity contribution in [2.75, 3.05) is 5.32 Å². The molecular weight excluding hydrogens is 321 g/mol. The fourth-order valence-electron chi connectivity index (χ4n) is 0.933.